The van der Waals surface area contributed by atoms with Gasteiger partial charge in [0.1, 0.15) is 0 Å². The molecule has 0 unspecified atom stereocenters. The number of hydrogen-bond donors (Lipinski definition) is 0. The molecular weight excluding hydrogens is 781 g/mol. The third kappa shape index (κ3) is 5.12. The molecule has 0 saturated carbocycles. The van der Waals surface area contributed by atoms with E-state index in [1.54, 1.807) is 0 Å². The summed E-state index contributed by atoms with van der Waals surface area (Å²) < 4.78 is 2.53. The summed E-state index contributed by atoms with van der Waals surface area (Å²) in [7, 11) is 0. The summed E-state index contributed by atoms with van der Waals surface area (Å²) in [5, 5.41) is 20.2. The third-order valence-electron chi connectivity index (χ3n) is 13.4. The van der Waals surface area contributed by atoms with Gasteiger partial charge in [-0.15, -0.1) is 11.3 Å². The van der Waals surface area contributed by atoms with Crippen molar-refractivity contribution in [3.8, 4) is 45.0 Å². The number of thiophene rings is 1. The number of fused-ring (bicyclic) bond motifs is 6. The first-order chi connectivity index (χ1) is 31.2. The van der Waals surface area contributed by atoms with Crippen molar-refractivity contribution in [1.29, 1.82) is 0 Å². The zero-order valence-corrected chi connectivity index (χ0v) is 34.7. The number of benzene rings is 11. The average Bonchev–Trinajstić information content (AvgIpc) is 3.74. The molecule has 0 radical (unpaired) electrons. The minimum atomic E-state index is 0.714. The molecule has 14 aromatic rings. The molecule has 0 fully saturated rings. The average molecular weight is 815 g/mol. The monoisotopic (exact) mass is 814 g/mol. The normalized spacial score (nSPS) is 12.1. The van der Waals surface area contributed by atoms with Crippen molar-refractivity contribution < 1.29 is 0 Å². The second-order valence-electron chi connectivity index (χ2n) is 16.8. The van der Waals surface area contributed by atoms with Gasteiger partial charge in [-0.05, 0) is 117 Å². The molecule has 0 aliphatic rings. The largest absolute Gasteiger partial charge is 0.228 e. The summed E-state index contributed by atoms with van der Waals surface area (Å²) >= 11 is 1.83. The topological polar surface area (TPSA) is 25.8 Å². The van der Waals surface area contributed by atoms with Crippen molar-refractivity contribution >= 4 is 107 Å². The van der Waals surface area contributed by atoms with Crippen molar-refractivity contribution in [1.82, 2.24) is 9.97 Å². The fourth-order valence-corrected chi connectivity index (χ4v) is 11.8. The number of aromatic nitrogens is 2. The summed E-state index contributed by atoms with van der Waals surface area (Å²) in [6.45, 7) is 0. The van der Waals surface area contributed by atoms with E-state index in [4.69, 9.17) is 9.97 Å². The minimum absolute atomic E-state index is 0.714. The van der Waals surface area contributed by atoms with Crippen LogP contribution in [0.15, 0.2) is 206 Å². The van der Waals surface area contributed by atoms with Gasteiger partial charge in [0.15, 0.2) is 5.82 Å². The van der Waals surface area contributed by atoms with Crippen molar-refractivity contribution in [3.05, 3.63) is 206 Å². The Morgan fingerprint density at radius 2 is 0.778 bits per heavy atom. The van der Waals surface area contributed by atoms with Crippen LogP contribution in [0.2, 0.25) is 0 Å². The van der Waals surface area contributed by atoms with E-state index < -0.39 is 0 Å². The van der Waals surface area contributed by atoms with Crippen LogP contribution >= 0.6 is 11.3 Å². The molecule has 0 atom stereocenters. The van der Waals surface area contributed by atoms with Crippen LogP contribution in [0.3, 0.4) is 0 Å². The molecule has 2 nitrogen and oxygen atoms in total. The van der Waals surface area contributed by atoms with E-state index in [1.807, 2.05) is 17.4 Å². The van der Waals surface area contributed by atoms with E-state index in [0.717, 1.165) is 33.5 Å². The maximum Gasteiger partial charge on any atom is 0.160 e. The molecule has 3 heteroatoms. The van der Waals surface area contributed by atoms with Crippen molar-refractivity contribution in [2.45, 2.75) is 0 Å². The standard InChI is InChI=1S/C60H34N2S/c1-2-12-38(13-3-1)60-61-51(34-52(62-60)48-23-11-25-54-59(48)49-19-6-7-24-53(49)63-54)44-31-30-41(42-17-4-5-18-43(42)44)40-32-39-29-28-37-15-9-21-46-45-20-8-14-35-26-27-36-16-10-22-47(57(36)55(35)45)50(33-40)58(39)56(37)46/h1-34H. The molecule has 2 heterocycles. The first kappa shape index (κ1) is 34.7. The highest BCUT2D eigenvalue weighted by molar-refractivity contribution is 7.25. The smallest absolute Gasteiger partial charge is 0.160 e. The van der Waals surface area contributed by atoms with E-state index >= 15 is 0 Å². The molecule has 0 bridgehead atoms. The SMILES string of the molecule is c1ccc(-c2nc(-c3ccc(-c4cc5ccc6cccc7c8cccc9ccc%10cccc(c(c4)c5c67)c%10c98)c4ccccc34)cc(-c3cccc4sc5ccccc5c34)n2)cc1. The second-order valence-corrected chi connectivity index (χ2v) is 17.9. The molecule has 0 saturated heterocycles. The summed E-state index contributed by atoms with van der Waals surface area (Å²) in [6, 6.07) is 75.8. The maximum atomic E-state index is 5.36. The van der Waals surface area contributed by atoms with E-state index in [2.05, 4.69) is 200 Å². The Morgan fingerprint density at radius 3 is 1.48 bits per heavy atom. The van der Waals surface area contributed by atoms with Crippen LogP contribution in [0.25, 0.3) is 141 Å². The van der Waals surface area contributed by atoms with Crippen LogP contribution in [-0.2, 0) is 0 Å². The number of hydrogen-bond acceptors (Lipinski definition) is 3. The summed E-state index contributed by atoms with van der Waals surface area (Å²) in [5.41, 5.74) is 7.39. The van der Waals surface area contributed by atoms with Crippen molar-refractivity contribution in [2.75, 3.05) is 0 Å². The lowest BCUT2D eigenvalue weighted by molar-refractivity contribution is 1.19. The lowest BCUT2D eigenvalue weighted by atomic mass is 9.86. The van der Waals surface area contributed by atoms with Crippen LogP contribution in [0.1, 0.15) is 0 Å². The Labute approximate surface area is 366 Å². The fourth-order valence-electron chi connectivity index (χ4n) is 10.6. The van der Waals surface area contributed by atoms with Gasteiger partial charge in [-0.1, -0.05) is 176 Å². The molecule has 290 valence electrons. The predicted octanol–water partition coefficient (Wildman–Crippen LogP) is 17.0. The Kier molecular flexibility index (Phi) is 7.30. The predicted molar refractivity (Wildman–Crippen MR) is 270 cm³/mol. The van der Waals surface area contributed by atoms with Crippen LogP contribution in [-0.4, -0.2) is 9.97 Å². The summed E-state index contributed by atoms with van der Waals surface area (Å²) in [4.78, 5) is 10.7. The van der Waals surface area contributed by atoms with Gasteiger partial charge in [-0.3, -0.25) is 0 Å². The highest BCUT2D eigenvalue weighted by Crippen LogP contribution is 2.46. The van der Waals surface area contributed by atoms with Crippen LogP contribution in [0.5, 0.6) is 0 Å². The quantitative estimate of drug-likeness (QED) is 0.165. The minimum Gasteiger partial charge on any atom is -0.228 e. The Balaban J connectivity index is 1.04. The van der Waals surface area contributed by atoms with Gasteiger partial charge >= 0.3 is 0 Å². The van der Waals surface area contributed by atoms with Gasteiger partial charge in [-0.2, -0.15) is 0 Å². The fraction of sp³-hybridized carbons (Fsp3) is 0. The maximum absolute atomic E-state index is 5.36. The highest BCUT2D eigenvalue weighted by Gasteiger charge is 2.20. The zero-order valence-electron chi connectivity index (χ0n) is 33.9. The van der Waals surface area contributed by atoms with Crippen LogP contribution < -0.4 is 0 Å². The number of rotatable bonds is 4. The van der Waals surface area contributed by atoms with Gasteiger partial charge in [-0.25, -0.2) is 9.97 Å². The Bertz CT molecular complexity index is 4200. The summed E-state index contributed by atoms with van der Waals surface area (Å²) in [5.74, 6) is 0.714. The van der Waals surface area contributed by atoms with Gasteiger partial charge in [0.05, 0.1) is 11.4 Å². The van der Waals surface area contributed by atoms with Gasteiger partial charge in [0, 0.05) is 36.9 Å². The molecule has 63 heavy (non-hydrogen) atoms. The lowest BCUT2D eigenvalue weighted by Gasteiger charge is -2.18. The van der Waals surface area contributed by atoms with E-state index in [9.17, 15) is 0 Å². The second kappa shape index (κ2) is 13.3. The Hall–Kier alpha value is -7.98. The molecule has 12 aromatic carbocycles. The van der Waals surface area contributed by atoms with E-state index in [1.165, 1.54) is 101 Å². The summed E-state index contributed by atoms with van der Waals surface area (Å²) in [6.07, 6.45) is 0. The molecule has 0 amide bonds. The zero-order chi connectivity index (χ0) is 41.2. The molecule has 0 aliphatic carbocycles. The number of nitrogens with zero attached hydrogens (tertiary/aromatic N) is 2. The van der Waals surface area contributed by atoms with Crippen molar-refractivity contribution in [3.63, 3.8) is 0 Å². The van der Waals surface area contributed by atoms with Gasteiger partial charge in [0.25, 0.3) is 0 Å². The molecule has 0 spiro atoms. The molecule has 0 N–H and O–H groups in total. The van der Waals surface area contributed by atoms with Crippen LogP contribution in [0, 0.1) is 0 Å². The van der Waals surface area contributed by atoms with Crippen molar-refractivity contribution in [2.24, 2.45) is 0 Å². The molecule has 14 rings (SSSR count). The molecule has 0 aliphatic heterocycles. The van der Waals surface area contributed by atoms with Gasteiger partial charge in [0.2, 0.25) is 0 Å². The van der Waals surface area contributed by atoms with E-state index in [-0.39, 0.29) is 0 Å². The van der Waals surface area contributed by atoms with Crippen LogP contribution in [0.4, 0.5) is 0 Å². The lowest BCUT2D eigenvalue weighted by Crippen LogP contribution is -1.97. The third-order valence-corrected chi connectivity index (χ3v) is 14.5. The first-order valence-electron chi connectivity index (χ1n) is 21.6. The van der Waals surface area contributed by atoms with E-state index in [0.29, 0.717) is 5.82 Å². The molecular formula is C60H34N2S. The Morgan fingerprint density at radius 1 is 0.270 bits per heavy atom. The molecule has 2 aromatic heterocycles. The highest BCUT2D eigenvalue weighted by atomic mass is 32.1. The van der Waals surface area contributed by atoms with Gasteiger partial charge < -0.3 is 0 Å². The first-order valence-corrected chi connectivity index (χ1v) is 22.4.